The Kier molecular flexibility index (Phi) is 4.66. The minimum Gasteiger partial charge on any atom is -0.355 e. The zero-order valence-electron chi connectivity index (χ0n) is 10.8. The van der Waals surface area contributed by atoms with Gasteiger partial charge in [-0.25, -0.2) is 0 Å². The molecule has 0 aliphatic carbocycles. The summed E-state index contributed by atoms with van der Waals surface area (Å²) in [4.78, 5) is 11.5. The number of carbonyl (C=O) groups is 1. The van der Waals surface area contributed by atoms with Crippen molar-refractivity contribution in [3.63, 3.8) is 0 Å². The van der Waals surface area contributed by atoms with Crippen LogP contribution >= 0.6 is 11.8 Å². The highest BCUT2D eigenvalue weighted by Gasteiger charge is 2.33. The van der Waals surface area contributed by atoms with Crippen molar-refractivity contribution in [3.05, 3.63) is 35.9 Å². The number of rotatable bonds is 5. The first-order chi connectivity index (χ1) is 8.65. The smallest absolute Gasteiger partial charge is 0.223 e. The average molecular weight is 265 g/mol. The van der Waals surface area contributed by atoms with Crippen molar-refractivity contribution in [2.75, 3.05) is 0 Å². The van der Waals surface area contributed by atoms with Gasteiger partial charge >= 0.3 is 0 Å². The van der Waals surface area contributed by atoms with E-state index in [0.717, 1.165) is 5.75 Å². The Morgan fingerprint density at radius 3 is 2.78 bits per heavy atom. The molecule has 18 heavy (non-hydrogen) atoms. The minimum absolute atomic E-state index is 0.0891. The molecule has 1 fully saturated rings. The molecule has 0 unspecified atom stereocenters. The Hall–Kier alpha value is -1.00. The summed E-state index contributed by atoms with van der Waals surface area (Å²) in [5.41, 5.74) is 1.28. The van der Waals surface area contributed by atoms with E-state index in [1.807, 2.05) is 32.0 Å². The molecule has 1 N–H and O–H groups in total. The Morgan fingerprint density at radius 2 is 2.11 bits per heavy atom. The first-order valence-electron chi connectivity index (χ1n) is 6.25. The molecule has 4 heteroatoms. The maximum Gasteiger partial charge on any atom is 0.223 e. The summed E-state index contributed by atoms with van der Waals surface area (Å²) < 4.78 is 5.73. The van der Waals surface area contributed by atoms with Crippen LogP contribution in [0.2, 0.25) is 0 Å². The minimum atomic E-state index is -0.147. The van der Waals surface area contributed by atoms with E-state index in [9.17, 15) is 4.79 Å². The quantitative estimate of drug-likeness (QED) is 0.889. The van der Waals surface area contributed by atoms with E-state index in [0.29, 0.717) is 6.42 Å². The number of nitrogens with one attached hydrogen (secondary N) is 1. The van der Waals surface area contributed by atoms with Gasteiger partial charge in [-0.15, -0.1) is 11.8 Å². The van der Waals surface area contributed by atoms with Gasteiger partial charge in [0.2, 0.25) is 5.91 Å². The first kappa shape index (κ1) is 13.4. The fourth-order valence-corrected chi connectivity index (χ4v) is 3.11. The van der Waals surface area contributed by atoms with E-state index in [1.165, 1.54) is 5.56 Å². The van der Waals surface area contributed by atoms with Crippen molar-refractivity contribution in [2.24, 2.45) is 0 Å². The van der Waals surface area contributed by atoms with Crippen LogP contribution in [-0.2, 0) is 15.3 Å². The summed E-state index contributed by atoms with van der Waals surface area (Å²) in [5.74, 6) is 1.00. The van der Waals surface area contributed by atoms with Gasteiger partial charge in [-0.3, -0.25) is 4.79 Å². The summed E-state index contributed by atoms with van der Waals surface area (Å²) >= 11 is 1.78. The van der Waals surface area contributed by atoms with E-state index in [2.05, 4.69) is 17.4 Å². The van der Waals surface area contributed by atoms with Crippen LogP contribution in [-0.4, -0.2) is 23.5 Å². The molecule has 1 aromatic carbocycles. The number of amides is 1. The van der Waals surface area contributed by atoms with Crippen LogP contribution in [0.15, 0.2) is 30.3 Å². The molecule has 0 radical (unpaired) electrons. The lowest BCUT2D eigenvalue weighted by atomic mass is 10.2. The van der Waals surface area contributed by atoms with Gasteiger partial charge < -0.3 is 10.1 Å². The third kappa shape index (κ3) is 3.75. The van der Waals surface area contributed by atoms with Crippen LogP contribution in [0.1, 0.15) is 25.8 Å². The Labute approximate surface area is 112 Å². The molecular weight excluding hydrogens is 246 g/mol. The molecule has 0 saturated carbocycles. The molecule has 98 valence electrons. The summed E-state index contributed by atoms with van der Waals surface area (Å²) in [7, 11) is 0. The maximum atomic E-state index is 11.5. The van der Waals surface area contributed by atoms with Crippen molar-refractivity contribution >= 4 is 17.7 Å². The van der Waals surface area contributed by atoms with Gasteiger partial charge in [-0.1, -0.05) is 30.3 Å². The molecule has 2 atom stereocenters. The van der Waals surface area contributed by atoms with E-state index in [1.54, 1.807) is 11.8 Å². The summed E-state index contributed by atoms with van der Waals surface area (Å²) in [6.07, 6.45) is 0.536. The second kappa shape index (κ2) is 6.25. The van der Waals surface area contributed by atoms with Gasteiger partial charge in [0.1, 0.15) is 6.23 Å². The van der Waals surface area contributed by atoms with E-state index in [4.69, 9.17) is 4.74 Å². The molecule has 1 aliphatic heterocycles. The van der Waals surface area contributed by atoms with E-state index < -0.39 is 0 Å². The van der Waals surface area contributed by atoms with Crippen LogP contribution in [0.25, 0.3) is 0 Å². The highest BCUT2D eigenvalue weighted by molar-refractivity contribution is 7.99. The summed E-state index contributed by atoms with van der Waals surface area (Å²) in [6, 6.07) is 10.3. The standard InChI is InChI=1S/C14H19NO2S/c1-10(2)17-14-12(8-13(16)15-14)18-9-11-6-4-3-5-7-11/h3-7,10,12,14H,8-9H2,1-2H3,(H,15,16)/t12-,14+/m0/s1. The summed E-state index contributed by atoms with van der Waals surface area (Å²) in [5, 5.41) is 3.10. The Morgan fingerprint density at radius 1 is 1.39 bits per heavy atom. The van der Waals surface area contributed by atoms with Crippen LogP contribution in [0.3, 0.4) is 0 Å². The van der Waals surface area contributed by atoms with Crippen LogP contribution < -0.4 is 5.32 Å². The second-order valence-corrected chi connectivity index (χ2v) is 5.94. The monoisotopic (exact) mass is 265 g/mol. The van der Waals surface area contributed by atoms with Crippen molar-refractivity contribution in [1.29, 1.82) is 0 Å². The first-order valence-corrected chi connectivity index (χ1v) is 7.30. The molecule has 0 spiro atoms. The molecule has 1 amide bonds. The van der Waals surface area contributed by atoms with Crippen LogP contribution in [0.4, 0.5) is 0 Å². The topological polar surface area (TPSA) is 38.3 Å². The normalized spacial score (nSPS) is 23.4. The van der Waals surface area contributed by atoms with Crippen LogP contribution in [0, 0.1) is 0 Å². The van der Waals surface area contributed by atoms with Gasteiger partial charge in [0.25, 0.3) is 0 Å². The second-order valence-electron chi connectivity index (χ2n) is 4.71. The van der Waals surface area contributed by atoms with Gasteiger partial charge in [-0.05, 0) is 19.4 Å². The molecule has 0 aromatic heterocycles. The van der Waals surface area contributed by atoms with E-state index in [-0.39, 0.29) is 23.5 Å². The largest absolute Gasteiger partial charge is 0.355 e. The lowest BCUT2D eigenvalue weighted by molar-refractivity contribution is -0.121. The molecule has 3 nitrogen and oxygen atoms in total. The third-order valence-electron chi connectivity index (χ3n) is 2.75. The predicted molar refractivity (Wildman–Crippen MR) is 74.3 cm³/mol. The Bertz CT molecular complexity index is 394. The van der Waals surface area contributed by atoms with Crippen molar-refractivity contribution in [1.82, 2.24) is 5.32 Å². The molecule has 0 bridgehead atoms. The number of hydrogen-bond donors (Lipinski definition) is 1. The Balaban J connectivity index is 1.89. The molecule has 1 aliphatic rings. The SMILES string of the molecule is CC(C)O[C@H]1NC(=O)C[C@@H]1SCc1ccccc1. The molecule has 1 aromatic rings. The molecular formula is C14H19NO2S. The fraction of sp³-hybridized carbons (Fsp3) is 0.500. The number of benzene rings is 1. The third-order valence-corrected chi connectivity index (χ3v) is 4.10. The van der Waals surface area contributed by atoms with Gasteiger partial charge in [0.15, 0.2) is 0 Å². The molecule has 1 heterocycles. The van der Waals surface area contributed by atoms with Crippen molar-refractivity contribution in [3.8, 4) is 0 Å². The zero-order chi connectivity index (χ0) is 13.0. The zero-order valence-corrected chi connectivity index (χ0v) is 11.6. The van der Waals surface area contributed by atoms with Crippen LogP contribution in [0.5, 0.6) is 0 Å². The maximum absolute atomic E-state index is 11.5. The fourth-order valence-electron chi connectivity index (χ4n) is 1.94. The highest BCUT2D eigenvalue weighted by atomic mass is 32.2. The molecule has 2 rings (SSSR count). The van der Waals surface area contributed by atoms with E-state index >= 15 is 0 Å². The lowest BCUT2D eigenvalue weighted by Gasteiger charge is -2.21. The number of carbonyl (C=O) groups excluding carboxylic acids is 1. The van der Waals surface area contributed by atoms with Gasteiger partial charge in [0.05, 0.1) is 11.4 Å². The molecule has 1 saturated heterocycles. The predicted octanol–water partition coefficient (Wildman–Crippen LogP) is 2.56. The lowest BCUT2D eigenvalue weighted by Crippen LogP contribution is -2.35. The summed E-state index contributed by atoms with van der Waals surface area (Å²) in [6.45, 7) is 3.98. The highest BCUT2D eigenvalue weighted by Crippen LogP contribution is 2.27. The van der Waals surface area contributed by atoms with Gasteiger partial charge in [0, 0.05) is 12.2 Å². The van der Waals surface area contributed by atoms with Crippen molar-refractivity contribution < 1.29 is 9.53 Å². The van der Waals surface area contributed by atoms with Gasteiger partial charge in [-0.2, -0.15) is 0 Å². The van der Waals surface area contributed by atoms with Crippen molar-refractivity contribution in [2.45, 2.75) is 43.6 Å². The number of ether oxygens (including phenoxy) is 1. The number of thioether (sulfide) groups is 1. The average Bonchev–Trinajstić information content (AvgIpc) is 2.67. The number of hydrogen-bond acceptors (Lipinski definition) is 3.